The number of benzene rings is 1. The Balaban J connectivity index is 1.54. The predicted molar refractivity (Wildman–Crippen MR) is 98.4 cm³/mol. The first-order chi connectivity index (χ1) is 11.8. The molecular weight excluding hydrogens is 337 g/mol. The van der Waals surface area contributed by atoms with E-state index in [4.69, 9.17) is 4.98 Å². The van der Waals surface area contributed by atoms with Gasteiger partial charge in [0.2, 0.25) is 0 Å². The average Bonchev–Trinajstić information content (AvgIpc) is 3.04. The average molecular weight is 361 g/mol. The van der Waals surface area contributed by atoms with Crippen molar-refractivity contribution >= 4 is 17.2 Å². The van der Waals surface area contributed by atoms with E-state index in [1.54, 1.807) is 23.5 Å². The second-order valence-electron chi connectivity index (χ2n) is 7.47. The summed E-state index contributed by atoms with van der Waals surface area (Å²) in [6, 6.07) is 5.76. The maximum absolute atomic E-state index is 13.0. The van der Waals surface area contributed by atoms with Crippen LogP contribution in [0.25, 0.3) is 0 Å². The summed E-state index contributed by atoms with van der Waals surface area (Å²) in [4.78, 5) is 21.4. The van der Waals surface area contributed by atoms with E-state index < -0.39 is 0 Å². The molecule has 134 valence electrons. The Morgan fingerprint density at radius 3 is 2.36 bits per heavy atom. The van der Waals surface area contributed by atoms with E-state index in [1.807, 2.05) is 4.90 Å². The highest BCUT2D eigenvalue weighted by Crippen LogP contribution is 2.26. The number of carbonyl (C=O) groups is 1. The highest BCUT2D eigenvalue weighted by molar-refractivity contribution is 7.09. The fraction of sp³-hybridized carbons (Fsp3) is 0.474. The van der Waals surface area contributed by atoms with Crippen LogP contribution in [0.5, 0.6) is 0 Å². The van der Waals surface area contributed by atoms with E-state index in [2.05, 4.69) is 31.1 Å². The molecule has 0 aliphatic carbocycles. The van der Waals surface area contributed by atoms with Gasteiger partial charge < -0.3 is 4.90 Å². The number of aromatic nitrogens is 1. The second kappa shape index (κ2) is 7.22. The van der Waals surface area contributed by atoms with Gasteiger partial charge in [-0.3, -0.25) is 9.69 Å². The summed E-state index contributed by atoms with van der Waals surface area (Å²) in [5.41, 5.74) is 1.74. The van der Waals surface area contributed by atoms with Crippen LogP contribution in [0.1, 0.15) is 41.8 Å². The largest absolute Gasteiger partial charge is 0.336 e. The van der Waals surface area contributed by atoms with Crippen LogP contribution in [0.4, 0.5) is 4.39 Å². The normalized spacial score (nSPS) is 16.2. The Kier molecular flexibility index (Phi) is 5.20. The van der Waals surface area contributed by atoms with Crippen LogP contribution in [-0.4, -0.2) is 46.9 Å². The zero-order chi connectivity index (χ0) is 18.0. The number of thiazole rings is 1. The van der Waals surface area contributed by atoms with Crippen molar-refractivity contribution in [2.24, 2.45) is 0 Å². The maximum Gasteiger partial charge on any atom is 0.253 e. The molecule has 25 heavy (non-hydrogen) atoms. The molecule has 1 amide bonds. The van der Waals surface area contributed by atoms with Gasteiger partial charge in [-0.1, -0.05) is 20.8 Å². The van der Waals surface area contributed by atoms with Crippen LogP contribution in [0, 0.1) is 5.82 Å². The minimum absolute atomic E-state index is 0.0247. The summed E-state index contributed by atoms with van der Waals surface area (Å²) in [5, 5.41) is 3.30. The molecule has 1 aliphatic heterocycles. The van der Waals surface area contributed by atoms with Crippen LogP contribution >= 0.6 is 11.3 Å². The lowest BCUT2D eigenvalue weighted by Gasteiger charge is -2.34. The molecule has 2 aromatic rings. The van der Waals surface area contributed by atoms with Gasteiger partial charge in [-0.2, -0.15) is 0 Å². The number of rotatable bonds is 3. The van der Waals surface area contributed by atoms with Crippen molar-refractivity contribution in [3.63, 3.8) is 0 Å². The van der Waals surface area contributed by atoms with Crippen LogP contribution in [0.3, 0.4) is 0 Å². The lowest BCUT2D eigenvalue weighted by Crippen LogP contribution is -2.48. The molecule has 1 aliphatic rings. The van der Waals surface area contributed by atoms with Gasteiger partial charge in [0.15, 0.2) is 0 Å². The van der Waals surface area contributed by atoms with Gasteiger partial charge in [0.1, 0.15) is 5.82 Å². The quantitative estimate of drug-likeness (QED) is 0.839. The van der Waals surface area contributed by atoms with Gasteiger partial charge in [-0.15, -0.1) is 11.3 Å². The lowest BCUT2D eigenvalue weighted by atomic mass is 9.98. The summed E-state index contributed by atoms with van der Waals surface area (Å²) in [7, 11) is 0. The highest BCUT2D eigenvalue weighted by atomic mass is 32.1. The van der Waals surface area contributed by atoms with Crippen molar-refractivity contribution in [3.05, 3.63) is 51.7 Å². The second-order valence-corrected chi connectivity index (χ2v) is 8.33. The topological polar surface area (TPSA) is 36.4 Å². The number of amides is 1. The van der Waals surface area contributed by atoms with Crippen LogP contribution in [0.15, 0.2) is 29.6 Å². The first kappa shape index (κ1) is 18.0. The molecule has 2 heterocycles. The van der Waals surface area contributed by atoms with Crippen LogP contribution in [0.2, 0.25) is 0 Å². The minimum Gasteiger partial charge on any atom is -0.336 e. The SMILES string of the molecule is CC(C)(C)c1nc(CN2CCN(C(=O)c3ccc(F)cc3)CC2)cs1. The van der Waals surface area contributed by atoms with E-state index in [0.29, 0.717) is 18.7 Å². The summed E-state index contributed by atoms with van der Waals surface area (Å²) in [5.74, 6) is -0.345. The molecular formula is C19H24FN3OS. The van der Waals surface area contributed by atoms with Gasteiger partial charge in [0, 0.05) is 49.1 Å². The zero-order valence-electron chi connectivity index (χ0n) is 15.0. The van der Waals surface area contributed by atoms with E-state index in [0.717, 1.165) is 30.3 Å². The summed E-state index contributed by atoms with van der Waals surface area (Å²) in [6.07, 6.45) is 0. The molecule has 1 aromatic carbocycles. The first-order valence-corrected chi connectivity index (χ1v) is 9.43. The zero-order valence-corrected chi connectivity index (χ0v) is 15.8. The smallest absolute Gasteiger partial charge is 0.253 e. The predicted octanol–water partition coefficient (Wildman–Crippen LogP) is 3.54. The van der Waals surface area contributed by atoms with Crippen LogP contribution < -0.4 is 0 Å². The minimum atomic E-state index is -0.320. The number of nitrogens with zero attached hydrogens (tertiary/aromatic N) is 3. The fourth-order valence-electron chi connectivity index (χ4n) is 2.84. The number of carbonyl (C=O) groups excluding carboxylic acids is 1. The molecule has 3 rings (SSSR count). The van der Waals surface area contributed by atoms with Crippen molar-refractivity contribution < 1.29 is 9.18 Å². The maximum atomic E-state index is 13.0. The molecule has 0 radical (unpaired) electrons. The first-order valence-electron chi connectivity index (χ1n) is 8.55. The highest BCUT2D eigenvalue weighted by Gasteiger charge is 2.23. The molecule has 1 fully saturated rings. The Hall–Kier alpha value is -1.79. The van der Waals surface area contributed by atoms with Crippen molar-refractivity contribution in [3.8, 4) is 0 Å². The molecule has 1 aromatic heterocycles. The molecule has 0 spiro atoms. The van der Waals surface area contributed by atoms with Gasteiger partial charge >= 0.3 is 0 Å². The molecule has 0 bridgehead atoms. The summed E-state index contributed by atoms with van der Waals surface area (Å²) < 4.78 is 13.0. The molecule has 4 nitrogen and oxygen atoms in total. The van der Waals surface area contributed by atoms with Crippen molar-refractivity contribution in [2.75, 3.05) is 26.2 Å². The molecule has 6 heteroatoms. The molecule has 0 unspecified atom stereocenters. The Morgan fingerprint density at radius 1 is 1.16 bits per heavy atom. The van der Waals surface area contributed by atoms with Gasteiger partial charge in [0.05, 0.1) is 10.7 Å². The van der Waals surface area contributed by atoms with E-state index in [9.17, 15) is 9.18 Å². The van der Waals surface area contributed by atoms with Gasteiger partial charge in [-0.05, 0) is 24.3 Å². The Labute approximate surface area is 152 Å². The summed E-state index contributed by atoms with van der Waals surface area (Å²) in [6.45, 7) is 10.4. The molecule has 0 N–H and O–H groups in total. The Morgan fingerprint density at radius 2 is 1.80 bits per heavy atom. The van der Waals surface area contributed by atoms with Gasteiger partial charge in [-0.25, -0.2) is 9.37 Å². The molecule has 0 atom stereocenters. The molecule has 1 saturated heterocycles. The van der Waals surface area contributed by atoms with E-state index >= 15 is 0 Å². The number of hydrogen-bond donors (Lipinski definition) is 0. The van der Waals surface area contributed by atoms with Crippen molar-refractivity contribution in [1.29, 1.82) is 0 Å². The van der Waals surface area contributed by atoms with E-state index in [-0.39, 0.29) is 17.1 Å². The number of hydrogen-bond acceptors (Lipinski definition) is 4. The monoisotopic (exact) mass is 361 g/mol. The summed E-state index contributed by atoms with van der Waals surface area (Å²) >= 11 is 1.72. The third kappa shape index (κ3) is 4.44. The third-order valence-electron chi connectivity index (χ3n) is 4.33. The van der Waals surface area contributed by atoms with Gasteiger partial charge in [0.25, 0.3) is 5.91 Å². The number of halogens is 1. The standard InChI is InChI=1S/C19H24FN3OS/c1-19(2,3)18-21-16(13-25-18)12-22-8-10-23(11-9-22)17(24)14-4-6-15(20)7-5-14/h4-7,13H,8-12H2,1-3H3. The van der Waals surface area contributed by atoms with Crippen molar-refractivity contribution in [2.45, 2.75) is 32.7 Å². The third-order valence-corrected chi connectivity index (χ3v) is 5.65. The lowest BCUT2D eigenvalue weighted by molar-refractivity contribution is 0.0627. The Bertz CT molecular complexity index is 728. The van der Waals surface area contributed by atoms with E-state index in [1.165, 1.54) is 12.1 Å². The fourth-order valence-corrected chi connectivity index (χ4v) is 3.74. The molecule has 0 saturated carbocycles. The number of piperazine rings is 1. The van der Waals surface area contributed by atoms with Crippen LogP contribution in [-0.2, 0) is 12.0 Å². The van der Waals surface area contributed by atoms with Crippen molar-refractivity contribution in [1.82, 2.24) is 14.8 Å².